The lowest BCUT2D eigenvalue weighted by atomic mass is 9.95. The SMILES string of the molecule is Cn1c(CNCC(C)(C)CO)cc(=O)n(C)c1=O. The summed E-state index contributed by atoms with van der Waals surface area (Å²) in [5.41, 5.74) is -0.229. The molecule has 1 aromatic heterocycles. The van der Waals surface area contributed by atoms with E-state index in [0.717, 1.165) is 4.57 Å². The Hall–Kier alpha value is -1.40. The number of hydrogen-bond donors (Lipinski definition) is 2. The average molecular weight is 255 g/mol. The van der Waals surface area contributed by atoms with Crippen molar-refractivity contribution in [1.82, 2.24) is 14.5 Å². The Balaban J connectivity index is 2.82. The summed E-state index contributed by atoms with van der Waals surface area (Å²) in [6, 6.07) is 1.44. The Kier molecular flexibility index (Phi) is 4.48. The minimum absolute atomic E-state index is 0.0789. The highest BCUT2D eigenvalue weighted by molar-refractivity contribution is 5.01. The van der Waals surface area contributed by atoms with Gasteiger partial charge in [0, 0.05) is 51.0 Å². The topological polar surface area (TPSA) is 76.3 Å². The summed E-state index contributed by atoms with van der Waals surface area (Å²) in [4.78, 5) is 23.2. The third-order valence-electron chi connectivity index (χ3n) is 2.96. The molecule has 0 bridgehead atoms. The van der Waals surface area contributed by atoms with Gasteiger partial charge in [-0.3, -0.25) is 13.9 Å². The lowest BCUT2D eigenvalue weighted by Gasteiger charge is -2.22. The number of nitrogens with one attached hydrogen (secondary N) is 1. The van der Waals surface area contributed by atoms with Gasteiger partial charge in [-0.15, -0.1) is 0 Å². The molecule has 0 aliphatic rings. The minimum Gasteiger partial charge on any atom is -0.396 e. The van der Waals surface area contributed by atoms with E-state index in [0.29, 0.717) is 18.8 Å². The molecule has 0 radical (unpaired) electrons. The van der Waals surface area contributed by atoms with Crippen molar-refractivity contribution >= 4 is 0 Å². The van der Waals surface area contributed by atoms with Crippen molar-refractivity contribution < 1.29 is 5.11 Å². The van der Waals surface area contributed by atoms with Crippen LogP contribution >= 0.6 is 0 Å². The Morgan fingerprint density at radius 3 is 2.44 bits per heavy atom. The van der Waals surface area contributed by atoms with Gasteiger partial charge in [0.15, 0.2) is 0 Å². The first kappa shape index (κ1) is 14.7. The summed E-state index contributed by atoms with van der Waals surface area (Å²) in [7, 11) is 3.09. The predicted octanol–water partition coefficient (Wildman–Crippen LogP) is -0.808. The monoisotopic (exact) mass is 255 g/mol. The number of rotatable bonds is 5. The molecule has 1 rings (SSSR count). The zero-order valence-corrected chi connectivity index (χ0v) is 11.4. The molecule has 0 fully saturated rings. The molecule has 6 nitrogen and oxygen atoms in total. The molecule has 0 spiro atoms. The number of hydrogen-bond acceptors (Lipinski definition) is 4. The second-order valence-corrected chi connectivity index (χ2v) is 5.30. The van der Waals surface area contributed by atoms with Crippen molar-refractivity contribution in [3.8, 4) is 0 Å². The van der Waals surface area contributed by atoms with Gasteiger partial charge in [-0.1, -0.05) is 13.8 Å². The van der Waals surface area contributed by atoms with Crippen LogP contribution in [0.1, 0.15) is 19.5 Å². The Labute approximate surface area is 106 Å². The smallest absolute Gasteiger partial charge is 0.330 e. The first-order valence-electron chi connectivity index (χ1n) is 5.86. The van der Waals surface area contributed by atoms with E-state index in [1.54, 1.807) is 7.05 Å². The molecule has 0 saturated carbocycles. The highest BCUT2D eigenvalue weighted by Crippen LogP contribution is 2.11. The van der Waals surface area contributed by atoms with Crippen LogP contribution in [-0.2, 0) is 20.6 Å². The minimum atomic E-state index is -0.333. The summed E-state index contributed by atoms with van der Waals surface area (Å²) in [5.74, 6) is 0. The van der Waals surface area contributed by atoms with Crippen LogP contribution in [0.15, 0.2) is 15.7 Å². The van der Waals surface area contributed by atoms with Crippen LogP contribution in [0, 0.1) is 5.41 Å². The quantitative estimate of drug-likeness (QED) is 0.721. The largest absolute Gasteiger partial charge is 0.396 e. The Morgan fingerprint density at radius 2 is 1.89 bits per heavy atom. The molecule has 102 valence electrons. The molecule has 0 atom stereocenters. The summed E-state index contributed by atoms with van der Waals surface area (Å²) < 4.78 is 2.52. The van der Waals surface area contributed by atoms with Crippen LogP contribution in [0.25, 0.3) is 0 Å². The van der Waals surface area contributed by atoms with Crippen LogP contribution < -0.4 is 16.6 Å². The van der Waals surface area contributed by atoms with Crippen molar-refractivity contribution in [2.24, 2.45) is 19.5 Å². The van der Waals surface area contributed by atoms with Crippen molar-refractivity contribution in [1.29, 1.82) is 0 Å². The van der Waals surface area contributed by atoms with Crippen molar-refractivity contribution in [2.45, 2.75) is 20.4 Å². The maximum absolute atomic E-state index is 11.7. The van der Waals surface area contributed by atoms with E-state index in [1.165, 1.54) is 17.7 Å². The molecule has 0 aliphatic heterocycles. The lowest BCUT2D eigenvalue weighted by molar-refractivity contribution is 0.156. The molecular formula is C12H21N3O3. The van der Waals surface area contributed by atoms with Crippen LogP contribution in [0.4, 0.5) is 0 Å². The number of aromatic nitrogens is 2. The molecule has 18 heavy (non-hydrogen) atoms. The zero-order valence-electron chi connectivity index (χ0n) is 11.4. The normalized spacial score (nSPS) is 11.8. The third-order valence-corrected chi connectivity index (χ3v) is 2.96. The van der Waals surface area contributed by atoms with Gasteiger partial charge in [0.25, 0.3) is 5.56 Å². The van der Waals surface area contributed by atoms with Gasteiger partial charge in [0.1, 0.15) is 0 Å². The molecule has 6 heteroatoms. The van der Waals surface area contributed by atoms with Crippen LogP contribution in [0.2, 0.25) is 0 Å². The highest BCUT2D eigenvalue weighted by Gasteiger charge is 2.15. The Morgan fingerprint density at radius 1 is 1.28 bits per heavy atom. The van der Waals surface area contributed by atoms with Gasteiger partial charge in [0.2, 0.25) is 0 Å². The summed E-state index contributed by atoms with van der Waals surface area (Å²) in [5, 5.41) is 12.3. The van der Waals surface area contributed by atoms with E-state index in [9.17, 15) is 9.59 Å². The van der Waals surface area contributed by atoms with Crippen LogP contribution in [0.3, 0.4) is 0 Å². The molecule has 1 aromatic rings. The summed E-state index contributed by atoms with van der Waals surface area (Å²) in [6.07, 6.45) is 0. The number of nitrogens with zero attached hydrogens (tertiary/aromatic N) is 2. The summed E-state index contributed by atoms with van der Waals surface area (Å²) in [6.45, 7) is 4.97. The van der Waals surface area contributed by atoms with Gasteiger partial charge >= 0.3 is 5.69 Å². The number of aliphatic hydroxyl groups excluding tert-OH is 1. The van der Waals surface area contributed by atoms with E-state index >= 15 is 0 Å². The first-order valence-corrected chi connectivity index (χ1v) is 5.86. The fraction of sp³-hybridized carbons (Fsp3) is 0.667. The van der Waals surface area contributed by atoms with Gasteiger partial charge in [-0.05, 0) is 0 Å². The molecule has 0 aromatic carbocycles. The standard InChI is InChI=1S/C12H21N3O3/c1-12(2,8-16)7-13-6-9-5-10(17)15(4)11(18)14(9)3/h5,13,16H,6-8H2,1-4H3. The van der Waals surface area contributed by atoms with Crippen molar-refractivity contribution in [3.05, 3.63) is 32.6 Å². The summed E-state index contributed by atoms with van der Waals surface area (Å²) >= 11 is 0. The fourth-order valence-corrected chi connectivity index (χ4v) is 1.53. The Bertz CT molecular complexity index is 528. The predicted molar refractivity (Wildman–Crippen MR) is 69.5 cm³/mol. The maximum Gasteiger partial charge on any atom is 0.330 e. The highest BCUT2D eigenvalue weighted by atomic mass is 16.3. The molecule has 0 unspecified atom stereocenters. The molecule has 0 saturated heterocycles. The van der Waals surface area contributed by atoms with Gasteiger partial charge in [-0.25, -0.2) is 4.79 Å². The van der Waals surface area contributed by atoms with E-state index in [-0.39, 0.29) is 23.3 Å². The van der Waals surface area contributed by atoms with Crippen LogP contribution in [0.5, 0.6) is 0 Å². The third kappa shape index (κ3) is 3.30. The van der Waals surface area contributed by atoms with Gasteiger partial charge in [0.05, 0.1) is 0 Å². The maximum atomic E-state index is 11.7. The van der Waals surface area contributed by atoms with E-state index in [4.69, 9.17) is 5.11 Å². The van der Waals surface area contributed by atoms with Gasteiger partial charge < -0.3 is 10.4 Å². The van der Waals surface area contributed by atoms with Crippen molar-refractivity contribution in [2.75, 3.05) is 13.2 Å². The first-order chi connectivity index (χ1) is 8.28. The number of aliphatic hydroxyl groups is 1. The molecule has 1 heterocycles. The van der Waals surface area contributed by atoms with E-state index < -0.39 is 0 Å². The molecule has 0 aliphatic carbocycles. The molecule has 0 amide bonds. The van der Waals surface area contributed by atoms with Crippen molar-refractivity contribution in [3.63, 3.8) is 0 Å². The van der Waals surface area contributed by atoms with E-state index in [2.05, 4.69) is 5.32 Å². The van der Waals surface area contributed by atoms with Gasteiger partial charge in [-0.2, -0.15) is 0 Å². The molecule has 2 N–H and O–H groups in total. The second kappa shape index (κ2) is 5.49. The van der Waals surface area contributed by atoms with E-state index in [1.807, 2.05) is 13.8 Å². The fourth-order valence-electron chi connectivity index (χ4n) is 1.53. The average Bonchev–Trinajstić information content (AvgIpc) is 2.33. The molecular weight excluding hydrogens is 234 g/mol. The second-order valence-electron chi connectivity index (χ2n) is 5.30. The lowest BCUT2D eigenvalue weighted by Crippen LogP contribution is -2.40. The zero-order chi connectivity index (χ0) is 13.9. The van der Waals surface area contributed by atoms with Crippen LogP contribution in [-0.4, -0.2) is 27.4 Å².